The van der Waals surface area contributed by atoms with Gasteiger partial charge in [0, 0.05) is 38.8 Å². The molecule has 1 aromatic heterocycles. The molecule has 7 nitrogen and oxygen atoms in total. The summed E-state index contributed by atoms with van der Waals surface area (Å²) in [6.07, 6.45) is 1.32. The largest absolute Gasteiger partial charge is 0.493 e. The number of hydrogen-bond donors (Lipinski definition) is 0. The van der Waals surface area contributed by atoms with Gasteiger partial charge in [0.2, 0.25) is 5.91 Å². The number of methoxy groups -OCH3 is 2. The minimum Gasteiger partial charge on any atom is -0.493 e. The summed E-state index contributed by atoms with van der Waals surface area (Å²) in [5.74, 6) is 2.28. The highest BCUT2D eigenvalue weighted by atomic mass is 16.5. The van der Waals surface area contributed by atoms with Crippen molar-refractivity contribution in [2.45, 2.75) is 26.3 Å². The Hall–Kier alpha value is -2.54. The molecule has 0 atom stereocenters. The Morgan fingerprint density at radius 1 is 1.11 bits per heavy atom. The maximum Gasteiger partial charge on any atom is 0.227 e. The third kappa shape index (κ3) is 5.01. The van der Waals surface area contributed by atoms with Crippen molar-refractivity contribution in [2.75, 3.05) is 40.4 Å². The Labute approximate surface area is 159 Å². The van der Waals surface area contributed by atoms with Gasteiger partial charge in [0.15, 0.2) is 11.5 Å². The first kappa shape index (κ1) is 19.2. The molecule has 3 rings (SSSR count). The van der Waals surface area contributed by atoms with Crippen LogP contribution in [0.3, 0.4) is 0 Å². The average Bonchev–Trinajstić information content (AvgIpc) is 2.93. The van der Waals surface area contributed by atoms with Crippen LogP contribution in [0.25, 0.3) is 0 Å². The molecule has 1 aromatic carbocycles. The highest BCUT2D eigenvalue weighted by molar-refractivity contribution is 5.79. The Kier molecular flexibility index (Phi) is 6.34. The van der Waals surface area contributed by atoms with Crippen LogP contribution in [0.5, 0.6) is 11.5 Å². The fraction of sp³-hybridized carbons (Fsp3) is 0.500. The number of benzene rings is 1. The summed E-state index contributed by atoms with van der Waals surface area (Å²) in [4.78, 5) is 17.0. The zero-order valence-corrected chi connectivity index (χ0v) is 16.2. The Balaban J connectivity index is 1.56. The Morgan fingerprint density at radius 3 is 2.63 bits per heavy atom. The van der Waals surface area contributed by atoms with E-state index in [4.69, 9.17) is 14.0 Å². The number of rotatable bonds is 6. The van der Waals surface area contributed by atoms with Crippen molar-refractivity contribution in [3.8, 4) is 11.5 Å². The van der Waals surface area contributed by atoms with Crippen LogP contribution in [0.1, 0.15) is 23.4 Å². The average molecular weight is 373 g/mol. The SMILES string of the molecule is COc1ccc(CC(=O)N2CCCN(Cc3cc(C)on3)CC2)cc1OC. The summed E-state index contributed by atoms with van der Waals surface area (Å²) in [7, 11) is 3.20. The van der Waals surface area contributed by atoms with Crippen LogP contribution in [-0.2, 0) is 17.8 Å². The smallest absolute Gasteiger partial charge is 0.227 e. The van der Waals surface area contributed by atoms with Crippen molar-refractivity contribution in [1.29, 1.82) is 0 Å². The van der Waals surface area contributed by atoms with Gasteiger partial charge in [-0.05, 0) is 31.0 Å². The van der Waals surface area contributed by atoms with Gasteiger partial charge in [-0.25, -0.2) is 0 Å². The van der Waals surface area contributed by atoms with E-state index in [2.05, 4.69) is 10.1 Å². The van der Waals surface area contributed by atoms with Crippen LogP contribution in [0.15, 0.2) is 28.8 Å². The van der Waals surface area contributed by atoms with Gasteiger partial charge in [0.25, 0.3) is 0 Å². The number of nitrogens with zero attached hydrogens (tertiary/aromatic N) is 3. The van der Waals surface area contributed by atoms with Crippen LogP contribution in [0.2, 0.25) is 0 Å². The molecule has 0 N–H and O–H groups in total. The van der Waals surface area contributed by atoms with Gasteiger partial charge in [0.1, 0.15) is 5.76 Å². The van der Waals surface area contributed by atoms with Crippen LogP contribution in [0, 0.1) is 6.92 Å². The first-order chi connectivity index (χ1) is 13.1. The van der Waals surface area contributed by atoms with Crippen molar-refractivity contribution in [1.82, 2.24) is 15.0 Å². The fourth-order valence-electron chi connectivity index (χ4n) is 3.38. The highest BCUT2D eigenvalue weighted by Crippen LogP contribution is 2.27. The second-order valence-corrected chi connectivity index (χ2v) is 6.81. The molecular weight excluding hydrogens is 346 g/mol. The van der Waals surface area contributed by atoms with E-state index in [1.165, 1.54) is 0 Å². The fourth-order valence-corrected chi connectivity index (χ4v) is 3.38. The summed E-state index contributed by atoms with van der Waals surface area (Å²) >= 11 is 0. The van der Waals surface area contributed by atoms with E-state index in [0.717, 1.165) is 56.2 Å². The molecule has 1 amide bonds. The molecule has 27 heavy (non-hydrogen) atoms. The first-order valence-electron chi connectivity index (χ1n) is 9.22. The number of amides is 1. The maximum absolute atomic E-state index is 12.8. The molecule has 1 fully saturated rings. The first-order valence-corrected chi connectivity index (χ1v) is 9.22. The van der Waals surface area contributed by atoms with E-state index in [1.54, 1.807) is 14.2 Å². The Bertz CT molecular complexity index is 774. The molecule has 0 aliphatic carbocycles. The molecule has 0 saturated carbocycles. The second-order valence-electron chi connectivity index (χ2n) is 6.81. The Morgan fingerprint density at radius 2 is 1.93 bits per heavy atom. The van der Waals surface area contributed by atoms with Gasteiger partial charge in [-0.2, -0.15) is 0 Å². The van der Waals surface area contributed by atoms with Crippen molar-refractivity contribution in [3.63, 3.8) is 0 Å². The molecule has 0 spiro atoms. The summed E-state index contributed by atoms with van der Waals surface area (Å²) in [6.45, 7) is 5.95. The lowest BCUT2D eigenvalue weighted by molar-refractivity contribution is -0.130. The monoisotopic (exact) mass is 373 g/mol. The van der Waals surface area contributed by atoms with Crippen LogP contribution < -0.4 is 9.47 Å². The van der Waals surface area contributed by atoms with Gasteiger partial charge in [-0.3, -0.25) is 9.69 Å². The summed E-state index contributed by atoms with van der Waals surface area (Å²) in [5.41, 5.74) is 1.87. The van der Waals surface area contributed by atoms with E-state index in [9.17, 15) is 4.79 Å². The summed E-state index contributed by atoms with van der Waals surface area (Å²) < 4.78 is 15.7. The lowest BCUT2D eigenvalue weighted by Crippen LogP contribution is -2.36. The van der Waals surface area contributed by atoms with E-state index < -0.39 is 0 Å². The molecule has 1 aliphatic rings. The minimum atomic E-state index is 0.140. The topological polar surface area (TPSA) is 68.0 Å². The van der Waals surface area contributed by atoms with Gasteiger partial charge in [-0.1, -0.05) is 11.2 Å². The third-order valence-electron chi connectivity index (χ3n) is 4.81. The molecular formula is C20H27N3O4. The van der Waals surface area contributed by atoms with Gasteiger partial charge >= 0.3 is 0 Å². The zero-order chi connectivity index (χ0) is 19.2. The lowest BCUT2D eigenvalue weighted by atomic mass is 10.1. The molecule has 2 aromatic rings. The maximum atomic E-state index is 12.8. The summed E-state index contributed by atoms with van der Waals surface area (Å²) in [6, 6.07) is 7.58. The number of ether oxygens (including phenoxy) is 2. The number of aromatic nitrogens is 1. The van der Waals surface area contributed by atoms with Crippen molar-refractivity contribution in [2.24, 2.45) is 0 Å². The third-order valence-corrected chi connectivity index (χ3v) is 4.81. The molecule has 146 valence electrons. The molecule has 1 saturated heterocycles. The van der Waals surface area contributed by atoms with E-state index in [0.29, 0.717) is 17.9 Å². The van der Waals surface area contributed by atoms with Gasteiger partial charge in [0.05, 0.1) is 26.3 Å². The van der Waals surface area contributed by atoms with Crippen molar-refractivity contribution in [3.05, 3.63) is 41.3 Å². The predicted octanol–water partition coefficient (Wildman–Crippen LogP) is 2.28. The van der Waals surface area contributed by atoms with Crippen LogP contribution in [0.4, 0.5) is 0 Å². The highest BCUT2D eigenvalue weighted by Gasteiger charge is 2.20. The lowest BCUT2D eigenvalue weighted by Gasteiger charge is -2.21. The van der Waals surface area contributed by atoms with Crippen molar-refractivity contribution < 1.29 is 18.8 Å². The van der Waals surface area contributed by atoms with Crippen molar-refractivity contribution >= 4 is 5.91 Å². The zero-order valence-electron chi connectivity index (χ0n) is 16.2. The molecule has 0 radical (unpaired) electrons. The van der Waals surface area contributed by atoms with Gasteiger partial charge < -0.3 is 18.9 Å². The van der Waals surface area contributed by atoms with Crippen LogP contribution in [-0.4, -0.2) is 61.3 Å². The minimum absolute atomic E-state index is 0.140. The molecule has 7 heteroatoms. The number of aryl methyl sites for hydroxylation is 1. The molecule has 0 bridgehead atoms. The summed E-state index contributed by atoms with van der Waals surface area (Å²) in [5, 5.41) is 4.06. The number of hydrogen-bond acceptors (Lipinski definition) is 6. The molecule has 1 aliphatic heterocycles. The molecule has 2 heterocycles. The van der Waals surface area contributed by atoms with E-state index in [-0.39, 0.29) is 5.91 Å². The number of carbonyl (C=O) groups excluding carboxylic acids is 1. The quantitative estimate of drug-likeness (QED) is 0.774. The normalized spacial score (nSPS) is 15.4. The standard InChI is InChI=1S/C20H27N3O4/c1-15-11-17(21-27-15)14-22-7-4-8-23(10-9-22)20(24)13-16-5-6-18(25-2)19(12-16)26-3/h5-6,11-12H,4,7-10,13-14H2,1-3H3. The van der Waals surface area contributed by atoms with Gasteiger partial charge in [-0.15, -0.1) is 0 Å². The van der Waals surface area contributed by atoms with Crippen LogP contribution >= 0.6 is 0 Å². The van der Waals surface area contributed by atoms with E-state index >= 15 is 0 Å². The molecule has 0 unspecified atom stereocenters. The van der Waals surface area contributed by atoms with E-state index in [1.807, 2.05) is 36.1 Å². The second kappa shape index (κ2) is 8.90. The predicted molar refractivity (Wildman–Crippen MR) is 101 cm³/mol. The number of carbonyl (C=O) groups is 1.